The van der Waals surface area contributed by atoms with Crippen LogP contribution in [0.3, 0.4) is 0 Å². The van der Waals surface area contributed by atoms with Gasteiger partial charge in [0.2, 0.25) is 5.91 Å². The van der Waals surface area contributed by atoms with Gasteiger partial charge >= 0.3 is 0 Å². The minimum atomic E-state index is 0.0768. The quantitative estimate of drug-likeness (QED) is 0.580. The molecule has 3 heteroatoms. The van der Waals surface area contributed by atoms with Crippen molar-refractivity contribution in [2.24, 2.45) is 5.92 Å². The van der Waals surface area contributed by atoms with Crippen LogP contribution >= 0.6 is 0 Å². The molecule has 0 N–H and O–H groups in total. The highest BCUT2D eigenvalue weighted by Gasteiger charge is 2.07. The van der Waals surface area contributed by atoms with Gasteiger partial charge in [-0.15, -0.1) is 0 Å². The van der Waals surface area contributed by atoms with Gasteiger partial charge in [-0.3, -0.25) is 4.79 Å². The third-order valence-electron chi connectivity index (χ3n) is 1.90. The lowest BCUT2D eigenvalue weighted by molar-refractivity contribution is -0.128. The Morgan fingerprint density at radius 3 is 2.58 bits per heavy atom. The van der Waals surface area contributed by atoms with Gasteiger partial charge < -0.3 is 9.69 Å². The maximum absolute atomic E-state index is 10.8. The van der Waals surface area contributed by atoms with Crippen LogP contribution in [0.4, 0.5) is 0 Å². The molecule has 0 radical (unpaired) electrons. The van der Waals surface area contributed by atoms with Crippen molar-refractivity contribution in [2.75, 3.05) is 13.6 Å². The lowest BCUT2D eigenvalue weighted by atomic mass is 10.1. The van der Waals surface area contributed by atoms with E-state index in [1.54, 1.807) is 18.9 Å². The summed E-state index contributed by atoms with van der Waals surface area (Å²) >= 11 is 0. The summed E-state index contributed by atoms with van der Waals surface area (Å²) in [5.41, 5.74) is 0. The van der Waals surface area contributed by atoms with Gasteiger partial charge in [-0.25, -0.2) is 0 Å². The summed E-state index contributed by atoms with van der Waals surface area (Å²) in [4.78, 5) is 22.5. The first-order valence-corrected chi connectivity index (χ1v) is 4.23. The molecule has 0 spiro atoms. The van der Waals surface area contributed by atoms with Crippen molar-refractivity contribution < 1.29 is 9.59 Å². The van der Waals surface area contributed by atoms with Gasteiger partial charge in [0.15, 0.2) is 0 Å². The van der Waals surface area contributed by atoms with Gasteiger partial charge in [0.1, 0.15) is 6.29 Å². The zero-order valence-corrected chi connectivity index (χ0v) is 8.04. The fourth-order valence-electron chi connectivity index (χ4n) is 1.04. The average molecular weight is 171 g/mol. The minimum absolute atomic E-state index is 0.0768. The Hall–Kier alpha value is -0.860. The second kappa shape index (κ2) is 5.75. The van der Waals surface area contributed by atoms with Crippen LogP contribution in [0.15, 0.2) is 0 Å². The first-order valence-electron chi connectivity index (χ1n) is 4.23. The maximum atomic E-state index is 10.8. The molecule has 0 heterocycles. The Morgan fingerprint density at radius 1 is 1.58 bits per heavy atom. The summed E-state index contributed by atoms with van der Waals surface area (Å²) in [6, 6.07) is 0. The predicted octanol–water partition coefficient (Wildman–Crippen LogP) is 1.08. The summed E-state index contributed by atoms with van der Waals surface area (Å²) in [6.07, 6.45) is 2.37. The third kappa shape index (κ3) is 4.88. The first-order chi connectivity index (χ1) is 5.57. The highest BCUT2D eigenvalue weighted by atomic mass is 16.2. The smallest absolute Gasteiger partial charge is 0.219 e. The van der Waals surface area contributed by atoms with E-state index in [9.17, 15) is 9.59 Å². The number of carbonyl (C=O) groups excluding carboxylic acids is 2. The molecule has 0 fully saturated rings. The molecule has 0 aliphatic carbocycles. The van der Waals surface area contributed by atoms with Crippen LogP contribution in [0.1, 0.15) is 26.7 Å². The number of carbonyl (C=O) groups is 2. The molecule has 0 aliphatic rings. The van der Waals surface area contributed by atoms with E-state index >= 15 is 0 Å². The zero-order valence-electron chi connectivity index (χ0n) is 8.04. The van der Waals surface area contributed by atoms with Crippen LogP contribution in [0.2, 0.25) is 0 Å². The molecule has 0 aromatic rings. The van der Waals surface area contributed by atoms with Gasteiger partial charge in [-0.2, -0.15) is 0 Å². The van der Waals surface area contributed by atoms with Crippen molar-refractivity contribution in [3.8, 4) is 0 Å². The van der Waals surface area contributed by atoms with E-state index < -0.39 is 0 Å². The summed E-state index contributed by atoms with van der Waals surface area (Å²) in [7, 11) is 1.78. The molecule has 1 amide bonds. The van der Waals surface area contributed by atoms with E-state index in [1.165, 1.54) is 0 Å². The molecular weight excluding hydrogens is 154 g/mol. The Balaban J connectivity index is 3.60. The van der Waals surface area contributed by atoms with Crippen molar-refractivity contribution in [1.29, 1.82) is 0 Å². The molecule has 12 heavy (non-hydrogen) atoms. The Bertz CT molecular complexity index is 157. The van der Waals surface area contributed by atoms with Crippen LogP contribution in [-0.2, 0) is 9.59 Å². The number of rotatable bonds is 5. The second-order valence-corrected chi connectivity index (χ2v) is 3.25. The summed E-state index contributed by atoms with van der Waals surface area (Å²) in [5.74, 6) is 0.483. The summed E-state index contributed by atoms with van der Waals surface area (Å²) < 4.78 is 0. The SMILES string of the molecule is CC(=O)N(C)C[C@H](C)CCC=O. The summed E-state index contributed by atoms with van der Waals surface area (Å²) in [5, 5.41) is 0. The molecular formula is C9H17NO2. The summed E-state index contributed by atoms with van der Waals surface area (Å²) in [6.45, 7) is 4.33. The molecule has 70 valence electrons. The van der Waals surface area contributed by atoms with Crippen LogP contribution < -0.4 is 0 Å². The maximum Gasteiger partial charge on any atom is 0.219 e. The van der Waals surface area contributed by atoms with Crippen LogP contribution in [0.5, 0.6) is 0 Å². The predicted molar refractivity (Wildman–Crippen MR) is 47.8 cm³/mol. The third-order valence-corrected chi connectivity index (χ3v) is 1.90. The molecule has 0 aromatic carbocycles. The largest absolute Gasteiger partial charge is 0.346 e. The number of aldehydes is 1. The van der Waals surface area contributed by atoms with Crippen molar-refractivity contribution in [3.63, 3.8) is 0 Å². The van der Waals surface area contributed by atoms with Crippen LogP contribution in [0.25, 0.3) is 0 Å². The Morgan fingerprint density at radius 2 is 2.17 bits per heavy atom. The molecule has 0 aromatic heterocycles. The molecule has 0 saturated carbocycles. The van der Waals surface area contributed by atoms with E-state index in [-0.39, 0.29) is 5.91 Å². The zero-order chi connectivity index (χ0) is 9.56. The normalized spacial score (nSPS) is 12.2. The van der Waals surface area contributed by atoms with Crippen molar-refractivity contribution in [2.45, 2.75) is 26.7 Å². The first kappa shape index (κ1) is 11.1. The fraction of sp³-hybridized carbons (Fsp3) is 0.778. The van der Waals surface area contributed by atoms with Crippen molar-refractivity contribution in [1.82, 2.24) is 4.90 Å². The number of hydrogen-bond acceptors (Lipinski definition) is 2. The van der Waals surface area contributed by atoms with E-state index in [2.05, 4.69) is 0 Å². The van der Waals surface area contributed by atoms with Crippen molar-refractivity contribution >= 4 is 12.2 Å². The van der Waals surface area contributed by atoms with Gasteiger partial charge in [0, 0.05) is 26.9 Å². The number of amides is 1. The highest BCUT2D eigenvalue weighted by molar-refractivity contribution is 5.72. The highest BCUT2D eigenvalue weighted by Crippen LogP contribution is 2.05. The van der Waals surface area contributed by atoms with Gasteiger partial charge in [0.25, 0.3) is 0 Å². The molecule has 0 saturated heterocycles. The number of nitrogens with zero attached hydrogens (tertiary/aromatic N) is 1. The van der Waals surface area contributed by atoms with Crippen molar-refractivity contribution in [3.05, 3.63) is 0 Å². The molecule has 0 unspecified atom stereocenters. The molecule has 0 rings (SSSR count). The van der Waals surface area contributed by atoms with E-state index in [1.807, 2.05) is 6.92 Å². The fourth-order valence-corrected chi connectivity index (χ4v) is 1.04. The monoisotopic (exact) mass is 171 g/mol. The minimum Gasteiger partial charge on any atom is -0.346 e. The molecule has 0 bridgehead atoms. The van der Waals surface area contributed by atoms with Gasteiger partial charge in [-0.05, 0) is 12.3 Å². The Kier molecular flexibility index (Phi) is 5.34. The number of hydrogen-bond donors (Lipinski definition) is 0. The molecule has 3 nitrogen and oxygen atoms in total. The van der Waals surface area contributed by atoms with E-state index in [0.717, 1.165) is 19.3 Å². The van der Waals surface area contributed by atoms with E-state index in [0.29, 0.717) is 12.3 Å². The average Bonchev–Trinajstić information content (AvgIpc) is 2.00. The Labute approximate surface area is 73.7 Å². The van der Waals surface area contributed by atoms with Gasteiger partial charge in [-0.1, -0.05) is 6.92 Å². The lowest BCUT2D eigenvalue weighted by Crippen LogP contribution is -2.28. The molecule has 0 aliphatic heterocycles. The van der Waals surface area contributed by atoms with E-state index in [4.69, 9.17) is 0 Å². The van der Waals surface area contributed by atoms with Crippen LogP contribution in [-0.4, -0.2) is 30.7 Å². The second-order valence-electron chi connectivity index (χ2n) is 3.25. The van der Waals surface area contributed by atoms with Gasteiger partial charge in [0.05, 0.1) is 0 Å². The molecule has 1 atom stereocenters. The lowest BCUT2D eigenvalue weighted by Gasteiger charge is -2.19. The standard InChI is InChI=1S/C9H17NO2/c1-8(5-4-6-11)7-10(3)9(2)12/h6,8H,4-5,7H2,1-3H3/t8-/m1/s1. The van der Waals surface area contributed by atoms with Crippen LogP contribution in [0, 0.1) is 5.92 Å². The topological polar surface area (TPSA) is 37.4 Å².